The average molecular weight is 387 g/mol. The normalized spacial score (nSPS) is 10.2. The van der Waals surface area contributed by atoms with Crippen molar-refractivity contribution in [2.24, 2.45) is 0 Å². The van der Waals surface area contributed by atoms with Gasteiger partial charge in [0, 0.05) is 20.6 Å². The van der Waals surface area contributed by atoms with Gasteiger partial charge in [-0.2, -0.15) is 0 Å². The van der Waals surface area contributed by atoms with Crippen LogP contribution in [0.3, 0.4) is 0 Å². The summed E-state index contributed by atoms with van der Waals surface area (Å²) < 4.78 is 7.09. The Morgan fingerprint density at radius 3 is 2.58 bits per heavy atom. The number of hydrogen-bond acceptors (Lipinski definition) is 3. The molecule has 0 aromatic heterocycles. The highest BCUT2D eigenvalue weighted by molar-refractivity contribution is 9.10. The first-order valence-electron chi connectivity index (χ1n) is 5.38. The van der Waals surface area contributed by atoms with Crippen LogP contribution in [0.2, 0.25) is 0 Å². The van der Waals surface area contributed by atoms with Crippen molar-refractivity contribution in [3.63, 3.8) is 0 Å². The Hall–Kier alpha value is -1.40. The number of nitrogens with zero attached hydrogens (tertiary/aromatic N) is 1. The van der Waals surface area contributed by atoms with Crippen LogP contribution in [-0.2, 0) is 6.61 Å². The lowest BCUT2D eigenvalue weighted by Crippen LogP contribution is -1.99. The molecule has 0 heterocycles. The van der Waals surface area contributed by atoms with Gasteiger partial charge in [0.2, 0.25) is 0 Å². The number of rotatable bonds is 4. The lowest BCUT2D eigenvalue weighted by atomic mass is 10.2. The highest BCUT2D eigenvalue weighted by atomic mass is 79.9. The number of nitro benzene ring substituents is 1. The maximum Gasteiger partial charge on any atom is 0.312 e. The van der Waals surface area contributed by atoms with Crippen molar-refractivity contribution in [3.8, 4) is 5.75 Å². The van der Waals surface area contributed by atoms with Gasteiger partial charge in [-0.3, -0.25) is 10.1 Å². The summed E-state index contributed by atoms with van der Waals surface area (Å²) in [7, 11) is 0. The predicted molar refractivity (Wildman–Crippen MR) is 79.3 cm³/mol. The summed E-state index contributed by atoms with van der Waals surface area (Å²) >= 11 is 6.61. The molecule has 0 aliphatic carbocycles. The van der Waals surface area contributed by atoms with Crippen molar-refractivity contribution in [2.45, 2.75) is 6.61 Å². The molecule has 0 bridgehead atoms. The van der Waals surface area contributed by atoms with Gasteiger partial charge in [-0.15, -0.1) is 0 Å². The van der Waals surface area contributed by atoms with Crippen molar-refractivity contribution in [1.82, 2.24) is 0 Å². The molecule has 0 spiro atoms. The summed E-state index contributed by atoms with van der Waals surface area (Å²) in [5.74, 6) is 0.254. The van der Waals surface area contributed by atoms with Gasteiger partial charge >= 0.3 is 5.69 Å². The first kappa shape index (κ1) is 14.0. The molecule has 0 unspecified atom stereocenters. The van der Waals surface area contributed by atoms with Gasteiger partial charge < -0.3 is 4.74 Å². The van der Waals surface area contributed by atoms with Gasteiger partial charge in [0.05, 0.1) is 4.92 Å². The molecule has 19 heavy (non-hydrogen) atoms. The summed E-state index contributed by atoms with van der Waals surface area (Å²) in [6.07, 6.45) is 0. The third-order valence-corrected chi connectivity index (χ3v) is 3.73. The molecule has 4 nitrogen and oxygen atoms in total. The molecular weight excluding hydrogens is 378 g/mol. The van der Waals surface area contributed by atoms with E-state index in [-0.39, 0.29) is 18.0 Å². The molecule has 6 heteroatoms. The van der Waals surface area contributed by atoms with Crippen LogP contribution in [0.5, 0.6) is 5.75 Å². The van der Waals surface area contributed by atoms with Gasteiger partial charge in [-0.25, -0.2) is 0 Å². The minimum atomic E-state index is -0.458. The monoisotopic (exact) mass is 385 g/mol. The minimum absolute atomic E-state index is 0.0542. The first-order chi connectivity index (χ1) is 9.08. The van der Waals surface area contributed by atoms with Crippen LogP contribution in [0.25, 0.3) is 0 Å². The first-order valence-corrected chi connectivity index (χ1v) is 6.96. The topological polar surface area (TPSA) is 52.4 Å². The largest absolute Gasteiger partial charge is 0.482 e. The highest BCUT2D eigenvalue weighted by Gasteiger charge is 2.15. The standard InChI is InChI=1S/C13H9Br2NO3/c14-10-5-6-13(12(7-10)16(17)18)19-8-9-3-1-2-4-11(9)15/h1-7H,8H2. The molecule has 0 aliphatic heterocycles. The molecule has 2 aromatic rings. The fourth-order valence-corrected chi connectivity index (χ4v) is 2.27. The van der Waals surface area contributed by atoms with E-state index in [9.17, 15) is 10.1 Å². The smallest absolute Gasteiger partial charge is 0.312 e. The molecule has 2 rings (SSSR count). The van der Waals surface area contributed by atoms with E-state index in [1.807, 2.05) is 24.3 Å². The molecular formula is C13H9Br2NO3. The summed E-state index contributed by atoms with van der Waals surface area (Å²) in [5.41, 5.74) is 0.876. The lowest BCUT2D eigenvalue weighted by Gasteiger charge is -2.08. The second-order valence-electron chi connectivity index (χ2n) is 3.75. The third-order valence-electron chi connectivity index (χ3n) is 2.46. The molecule has 0 radical (unpaired) electrons. The van der Waals surface area contributed by atoms with E-state index in [0.29, 0.717) is 4.47 Å². The van der Waals surface area contributed by atoms with E-state index in [4.69, 9.17) is 4.74 Å². The SMILES string of the molecule is O=[N+]([O-])c1cc(Br)ccc1OCc1ccccc1Br. The molecule has 0 saturated carbocycles. The van der Waals surface area contributed by atoms with Crippen molar-refractivity contribution < 1.29 is 9.66 Å². The van der Waals surface area contributed by atoms with Crippen LogP contribution >= 0.6 is 31.9 Å². The lowest BCUT2D eigenvalue weighted by molar-refractivity contribution is -0.386. The molecule has 0 amide bonds. The predicted octanol–water partition coefficient (Wildman–Crippen LogP) is 4.70. The zero-order chi connectivity index (χ0) is 13.8. The van der Waals surface area contributed by atoms with E-state index in [1.165, 1.54) is 6.07 Å². The van der Waals surface area contributed by atoms with Crippen molar-refractivity contribution in [2.75, 3.05) is 0 Å². The van der Waals surface area contributed by atoms with Gasteiger partial charge in [0.15, 0.2) is 5.75 Å². The fourth-order valence-electron chi connectivity index (χ4n) is 1.53. The van der Waals surface area contributed by atoms with E-state index in [1.54, 1.807) is 12.1 Å². The molecule has 0 N–H and O–H groups in total. The molecule has 0 fully saturated rings. The molecule has 2 aromatic carbocycles. The number of halogens is 2. The maximum absolute atomic E-state index is 10.9. The van der Waals surface area contributed by atoms with E-state index >= 15 is 0 Å². The second-order valence-corrected chi connectivity index (χ2v) is 5.52. The fraction of sp³-hybridized carbons (Fsp3) is 0.0769. The van der Waals surface area contributed by atoms with Gasteiger partial charge in [0.1, 0.15) is 6.61 Å². The zero-order valence-electron chi connectivity index (χ0n) is 9.68. The Labute approximate surface area is 126 Å². The Morgan fingerprint density at radius 2 is 1.89 bits per heavy atom. The maximum atomic E-state index is 10.9. The van der Waals surface area contributed by atoms with Gasteiger partial charge in [0.25, 0.3) is 0 Å². The van der Waals surface area contributed by atoms with Crippen LogP contribution < -0.4 is 4.74 Å². The summed E-state index contributed by atoms with van der Waals surface area (Å²) in [5, 5.41) is 10.9. The van der Waals surface area contributed by atoms with Crippen molar-refractivity contribution in [3.05, 3.63) is 67.1 Å². The van der Waals surface area contributed by atoms with Gasteiger partial charge in [-0.1, -0.05) is 50.1 Å². The number of nitro groups is 1. The summed E-state index contributed by atoms with van der Waals surface area (Å²) in [6.45, 7) is 0.268. The van der Waals surface area contributed by atoms with E-state index in [0.717, 1.165) is 10.0 Å². The van der Waals surface area contributed by atoms with E-state index < -0.39 is 4.92 Å². The van der Waals surface area contributed by atoms with Crippen LogP contribution in [0, 0.1) is 10.1 Å². The summed E-state index contributed by atoms with van der Waals surface area (Å²) in [6, 6.07) is 12.3. The second kappa shape index (κ2) is 6.16. The highest BCUT2D eigenvalue weighted by Crippen LogP contribution is 2.31. The van der Waals surface area contributed by atoms with Crippen molar-refractivity contribution in [1.29, 1.82) is 0 Å². The van der Waals surface area contributed by atoms with E-state index in [2.05, 4.69) is 31.9 Å². The Morgan fingerprint density at radius 1 is 1.16 bits per heavy atom. The number of ether oxygens (including phenoxy) is 1. The molecule has 0 aliphatic rings. The number of benzene rings is 2. The Bertz CT molecular complexity index is 617. The van der Waals surface area contributed by atoms with Crippen molar-refractivity contribution >= 4 is 37.5 Å². The molecule has 98 valence electrons. The quantitative estimate of drug-likeness (QED) is 0.565. The Balaban J connectivity index is 2.20. The Kier molecular flexibility index (Phi) is 4.55. The summed E-state index contributed by atoms with van der Waals surface area (Å²) in [4.78, 5) is 10.5. The van der Waals surface area contributed by atoms with Crippen LogP contribution in [-0.4, -0.2) is 4.92 Å². The molecule has 0 saturated heterocycles. The van der Waals surface area contributed by atoms with Gasteiger partial charge in [-0.05, 0) is 18.2 Å². The number of hydrogen-bond donors (Lipinski definition) is 0. The molecule has 0 atom stereocenters. The van der Waals surface area contributed by atoms with Crippen LogP contribution in [0.15, 0.2) is 51.4 Å². The minimum Gasteiger partial charge on any atom is -0.482 e. The van der Waals surface area contributed by atoms with Crippen LogP contribution in [0.1, 0.15) is 5.56 Å². The average Bonchev–Trinajstić information content (AvgIpc) is 2.38. The van der Waals surface area contributed by atoms with Crippen LogP contribution in [0.4, 0.5) is 5.69 Å². The third kappa shape index (κ3) is 3.54. The zero-order valence-corrected chi connectivity index (χ0v) is 12.8.